The van der Waals surface area contributed by atoms with Crippen LogP contribution >= 0.6 is 0 Å². The van der Waals surface area contributed by atoms with Gasteiger partial charge in [0.2, 0.25) is 5.88 Å². The Balaban J connectivity index is 2.05. The Morgan fingerprint density at radius 3 is 2.48 bits per heavy atom. The monoisotopic (exact) mass is 356 g/mol. The summed E-state index contributed by atoms with van der Waals surface area (Å²) >= 11 is 0. The number of amides is 1. The SMILES string of the molecule is COc1ccc(C(=O)Nc2ccc(OCC(F)(F)F)nc2)c(OC)c1. The standard InChI is InChI=1S/C16H15F3N2O4/c1-23-11-4-5-12(13(7-11)24-2)15(22)21-10-3-6-14(20-8-10)25-9-16(17,18)19/h3-8H,9H2,1-2H3,(H,21,22). The van der Waals surface area contributed by atoms with E-state index < -0.39 is 18.7 Å². The van der Waals surface area contributed by atoms with Gasteiger partial charge in [-0.1, -0.05) is 0 Å². The first-order valence-corrected chi connectivity index (χ1v) is 7.01. The third-order valence-electron chi connectivity index (χ3n) is 3.03. The summed E-state index contributed by atoms with van der Waals surface area (Å²) in [5.74, 6) is 0.179. The van der Waals surface area contributed by atoms with Gasteiger partial charge in [-0.05, 0) is 18.2 Å². The van der Waals surface area contributed by atoms with E-state index >= 15 is 0 Å². The van der Waals surface area contributed by atoms with Crippen molar-refractivity contribution >= 4 is 11.6 Å². The van der Waals surface area contributed by atoms with Crippen LogP contribution in [0.5, 0.6) is 17.4 Å². The number of benzene rings is 1. The van der Waals surface area contributed by atoms with E-state index in [9.17, 15) is 18.0 Å². The Labute approximate surface area is 141 Å². The number of carbonyl (C=O) groups excluding carboxylic acids is 1. The topological polar surface area (TPSA) is 69.7 Å². The van der Waals surface area contributed by atoms with Gasteiger partial charge in [0.15, 0.2) is 6.61 Å². The highest BCUT2D eigenvalue weighted by molar-refractivity contribution is 6.06. The Hall–Kier alpha value is -2.97. The number of alkyl halides is 3. The maximum atomic E-state index is 12.3. The molecule has 0 atom stereocenters. The lowest BCUT2D eigenvalue weighted by atomic mass is 10.1. The summed E-state index contributed by atoms with van der Waals surface area (Å²) in [7, 11) is 2.91. The number of methoxy groups -OCH3 is 2. The zero-order chi connectivity index (χ0) is 18.4. The van der Waals surface area contributed by atoms with Crippen LogP contribution in [0.25, 0.3) is 0 Å². The van der Waals surface area contributed by atoms with Gasteiger partial charge in [0.1, 0.15) is 11.5 Å². The average Bonchev–Trinajstić information content (AvgIpc) is 2.59. The van der Waals surface area contributed by atoms with Gasteiger partial charge in [-0.25, -0.2) is 4.98 Å². The van der Waals surface area contributed by atoms with Crippen molar-refractivity contribution in [2.45, 2.75) is 6.18 Å². The first-order chi connectivity index (χ1) is 11.8. The van der Waals surface area contributed by atoms with Crippen LogP contribution in [-0.4, -0.2) is 37.9 Å². The van der Waals surface area contributed by atoms with Gasteiger partial charge in [-0.15, -0.1) is 0 Å². The van der Waals surface area contributed by atoms with E-state index in [-0.39, 0.29) is 11.4 Å². The Bertz CT molecular complexity index is 733. The molecule has 1 aromatic carbocycles. The minimum absolute atomic E-state index is 0.197. The molecule has 2 aromatic rings. The van der Waals surface area contributed by atoms with Crippen LogP contribution in [-0.2, 0) is 0 Å². The predicted molar refractivity (Wildman–Crippen MR) is 83.3 cm³/mol. The fourth-order valence-corrected chi connectivity index (χ4v) is 1.88. The number of nitrogens with zero attached hydrogens (tertiary/aromatic N) is 1. The minimum atomic E-state index is -4.44. The van der Waals surface area contributed by atoms with E-state index in [0.717, 1.165) is 0 Å². The molecular formula is C16H15F3N2O4. The quantitative estimate of drug-likeness (QED) is 0.860. The first kappa shape index (κ1) is 18.4. The normalized spacial score (nSPS) is 10.9. The van der Waals surface area contributed by atoms with Crippen LogP contribution in [0.2, 0.25) is 0 Å². The third kappa shape index (κ3) is 5.27. The molecular weight excluding hydrogens is 341 g/mol. The molecule has 0 aliphatic carbocycles. The lowest BCUT2D eigenvalue weighted by molar-refractivity contribution is -0.154. The van der Waals surface area contributed by atoms with Crippen LogP contribution < -0.4 is 19.5 Å². The van der Waals surface area contributed by atoms with Crippen molar-refractivity contribution in [2.75, 3.05) is 26.1 Å². The largest absolute Gasteiger partial charge is 0.497 e. The molecule has 0 saturated heterocycles. The minimum Gasteiger partial charge on any atom is -0.497 e. The second kappa shape index (κ2) is 7.73. The molecule has 1 heterocycles. The number of pyridine rings is 1. The molecule has 0 aliphatic rings. The van der Waals surface area contributed by atoms with Crippen LogP contribution in [0.15, 0.2) is 36.5 Å². The number of halogens is 3. The van der Waals surface area contributed by atoms with E-state index in [1.54, 1.807) is 12.1 Å². The molecule has 0 fully saturated rings. The van der Waals surface area contributed by atoms with Crippen LogP contribution in [0, 0.1) is 0 Å². The van der Waals surface area contributed by atoms with Gasteiger partial charge in [-0.2, -0.15) is 13.2 Å². The van der Waals surface area contributed by atoms with Crippen molar-refractivity contribution < 1.29 is 32.2 Å². The Kier molecular flexibility index (Phi) is 5.68. The van der Waals surface area contributed by atoms with Crippen LogP contribution in [0.3, 0.4) is 0 Å². The molecule has 1 amide bonds. The average molecular weight is 356 g/mol. The molecule has 0 saturated carbocycles. The van der Waals surface area contributed by atoms with Crippen molar-refractivity contribution in [1.82, 2.24) is 4.98 Å². The van der Waals surface area contributed by atoms with Gasteiger partial charge < -0.3 is 19.5 Å². The smallest absolute Gasteiger partial charge is 0.422 e. The van der Waals surface area contributed by atoms with Gasteiger partial charge in [0.05, 0.1) is 31.7 Å². The molecule has 1 aromatic heterocycles. The summed E-state index contributed by atoms with van der Waals surface area (Å²) in [6.45, 7) is -1.44. The highest BCUT2D eigenvalue weighted by Gasteiger charge is 2.28. The van der Waals surface area contributed by atoms with E-state index in [2.05, 4.69) is 15.0 Å². The Morgan fingerprint density at radius 2 is 1.92 bits per heavy atom. The number of carbonyl (C=O) groups is 1. The first-order valence-electron chi connectivity index (χ1n) is 7.01. The molecule has 25 heavy (non-hydrogen) atoms. The summed E-state index contributed by atoms with van der Waals surface area (Å²) in [5, 5.41) is 2.57. The fourth-order valence-electron chi connectivity index (χ4n) is 1.88. The molecule has 6 nitrogen and oxygen atoms in total. The number of anilines is 1. The van der Waals surface area contributed by atoms with E-state index in [0.29, 0.717) is 17.2 Å². The zero-order valence-electron chi connectivity index (χ0n) is 13.4. The van der Waals surface area contributed by atoms with Gasteiger partial charge >= 0.3 is 6.18 Å². The molecule has 2 rings (SSSR count). The highest BCUT2D eigenvalue weighted by Crippen LogP contribution is 2.25. The predicted octanol–water partition coefficient (Wildman–Crippen LogP) is 3.29. The van der Waals surface area contributed by atoms with Gasteiger partial charge in [0, 0.05) is 12.1 Å². The molecule has 1 N–H and O–H groups in total. The number of ether oxygens (including phenoxy) is 3. The molecule has 0 bridgehead atoms. The van der Waals surface area contributed by atoms with E-state index in [1.807, 2.05) is 0 Å². The number of rotatable bonds is 6. The molecule has 9 heteroatoms. The maximum Gasteiger partial charge on any atom is 0.422 e. The van der Waals surface area contributed by atoms with Gasteiger partial charge in [-0.3, -0.25) is 4.79 Å². The molecule has 0 aliphatic heterocycles. The lowest BCUT2D eigenvalue weighted by Crippen LogP contribution is -2.19. The summed E-state index contributed by atoms with van der Waals surface area (Å²) in [4.78, 5) is 16.0. The van der Waals surface area contributed by atoms with Crippen molar-refractivity contribution in [2.24, 2.45) is 0 Å². The maximum absolute atomic E-state index is 12.3. The fraction of sp³-hybridized carbons (Fsp3) is 0.250. The lowest BCUT2D eigenvalue weighted by Gasteiger charge is -2.11. The summed E-state index contributed by atoms with van der Waals surface area (Å²) in [5.41, 5.74) is 0.558. The van der Waals surface area contributed by atoms with Crippen molar-refractivity contribution in [3.8, 4) is 17.4 Å². The number of hydrogen-bond acceptors (Lipinski definition) is 5. The number of nitrogens with one attached hydrogen (secondary N) is 1. The third-order valence-corrected chi connectivity index (χ3v) is 3.03. The summed E-state index contributed by atoms with van der Waals surface area (Å²) in [6.07, 6.45) is -3.25. The number of aromatic nitrogens is 1. The van der Waals surface area contributed by atoms with Crippen LogP contribution in [0.1, 0.15) is 10.4 Å². The molecule has 0 spiro atoms. The van der Waals surface area contributed by atoms with Crippen molar-refractivity contribution in [3.63, 3.8) is 0 Å². The summed E-state index contributed by atoms with van der Waals surface area (Å²) < 4.78 is 50.9. The molecule has 0 radical (unpaired) electrons. The summed E-state index contributed by atoms with van der Waals surface area (Å²) in [6, 6.07) is 7.30. The van der Waals surface area contributed by atoms with Crippen molar-refractivity contribution in [3.05, 3.63) is 42.1 Å². The molecule has 0 unspecified atom stereocenters. The van der Waals surface area contributed by atoms with Crippen LogP contribution in [0.4, 0.5) is 18.9 Å². The van der Waals surface area contributed by atoms with E-state index in [4.69, 9.17) is 9.47 Å². The zero-order valence-corrected chi connectivity index (χ0v) is 13.4. The highest BCUT2D eigenvalue weighted by atomic mass is 19.4. The number of hydrogen-bond donors (Lipinski definition) is 1. The second-order valence-electron chi connectivity index (χ2n) is 4.81. The molecule has 134 valence electrons. The van der Waals surface area contributed by atoms with E-state index in [1.165, 1.54) is 38.6 Å². The van der Waals surface area contributed by atoms with Gasteiger partial charge in [0.25, 0.3) is 5.91 Å². The van der Waals surface area contributed by atoms with Crippen molar-refractivity contribution in [1.29, 1.82) is 0 Å². The second-order valence-corrected chi connectivity index (χ2v) is 4.81. The Morgan fingerprint density at radius 1 is 1.16 bits per heavy atom.